The third-order valence-electron chi connectivity index (χ3n) is 4.29. The van der Waals surface area contributed by atoms with E-state index in [1.807, 2.05) is 22.6 Å². The standard InChI is InChI=1S/C23H21IN2O6S/c1-3-31-21-14-16(15-25-26-33(28,29)19-7-5-4-6-8-19)13-20(24)22(21)32-23(27)17-9-11-18(30-2)12-10-17/h4-15,26H,3H2,1-2H3/b25-15-. The number of sulfonamides is 1. The van der Waals surface area contributed by atoms with Gasteiger partial charge in [-0.3, -0.25) is 0 Å². The number of nitrogens with one attached hydrogen (secondary N) is 1. The number of halogens is 1. The summed E-state index contributed by atoms with van der Waals surface area (Å²) in [7, 11) is -2.24. The third-order valence-corrected chi connectivity index (χ3v) is 6.33. The molecule has 0 aliphatic rings. The molecule has 0 heterocycles. The van der Waals surface area contributed by atoms with E-state index in [2.05, 4.69) is 9.93 Å². The predicted molar refractivity (Wildman–Crippen MR) is 133 cm³/mol. The van der Waals surface area contributed by atoms with Gasteiger partial charge in [0, 0.05) is 0 Å². The van der Waals surface area contributed by atoms with E-state index >= 15 is 0 Å². The van der Waals surface area contributed by atoms with Crippen LogP contribution in [0.25, 0.3) is 0 Å². The smallest absolute Gasteiger partial charge is 0.343 e. The second-order valence-corrected chi connectivity index (χ2v) is 9.37. The molecule has 10 heteroatoms. The zero-order valence-electron chi connectivity index (χ0n) is 17.8. The van der Waals surface area contributed by atoms with E-state index in [1.165, 1.54) is 18.3 Å². The number of ether oxygens (including phenoxy) is 3. The largest absolute Gasteiger partial charge is 0.497 e. The Morgan fingerprint density at radius 1 is 1.09 bits per heavy atom. The number of carbonyl (C=O) groups is 1. The molecule has 1 N–H and O–H groups in total. The highest BCUT2D eigenvalue weighted by Gasteiger charge is 2.17. The molecule has 0 amide bonds. The van der Waals surface area contributed by atoms with Crippen LogP contribution in [0.15, 0.2) is 76.7 Å². The van der Waals surface area contributed by atoms with Crippen LogP contribution in [0.1, 0.15) is 22.8 Å². The summed E-state index contributed by atoms with van der Waals surface area (Å²) < 4.78 is 41.5. The Morgan fingerprint density at radius 2 is 1.79 bits per heavy atom. The van der Waals surface area contributed by atoms with E-state index < -0.39 is 16.0 Å². The molecule has 0 unspecified atom stereocenters. The quantitative estimate of drug-likeness (QED) is 0.134. The SMILES string of the molecule is CCOc1cc(/C=N\NS(=O)(=O)c2ccccc2)cc(I)c1OC(=O)c1ccc(OC)cc1. The average Bonchev–Trinajstić information content (AvgIpc) is 2.82. The van der Waals surface area contributed by atoms with Gasteiger partial charge in [0.2, 0.25) is 0 Å². The number of methoxy groups -OCH3 is 1. The van der Waals surface area contributed by atoms with E-state index in [0.717, 1.165) is 0 Å². The second kappa shape index (κ2) is 11.1. The lowest BCUT2D eigenvalue weighted by Crippen LogP contribution is -2.18. The van der Waals surface area contributed by atoms with Crippen molar-refractivity contribution in [3.63, 3.8) is 0 Å². The fraction of sp³-hybridized carbons (Fsp3) is 0.130. The van der Waals surface area contributed by atoms with Gasteiger partial charge in [-0.1, -0.05) is 18.2 Å². The van der Waals surface area contributed by atoms with Crippen LogP contribution < -0.4 is 19.0 Å². The summed E-state index contributed by atoms with van der Waals surface area (Å²) in [6, 6.07) is 17.8. The summed E-state index contributed by atoms with van der Waals surface area (Å²) >= 11 is 2.02. The lowest BCUT2D eigenvalue weighted by Gasteiger charge is -2.13. The minimum absolute atomic E-state index is 0.104. The lowest BCUT2D eigenvalue weighted by molar-refractivity contribution is 0.0727. The first kappa shape index (κ1) is 24.5. The number of nitrogens with zero attached hydrogens (tertiary/aromatic N) is 1. The van der Waals surface area contributed by atoms with Crippen LogP contribution >= 0.6 is 22.6 Å². The van der Waals surface area contributed by atoms with Gasteiger partial charge in [-0.15, -0.1) is 0 Å². The van der Waals surface area contributed by atoms with E-state index in [-0.39, 0.29) is 10.6 Å². The molecule has 3 rings (SSSR count). The van der Waals surface area contributed by atoms with Gasteiger partial charge in [0.15, 0.2) is 11.5 Å². The topological polar surface area (TPSA) is 103 Å². The number of hydrogen-bond acceptors (Lipinski definition) is 7. The number of hydrogen-bond donors (Lipinski definition) is 1. The Hall–Kier alpha value is -3.12. The molecule has 172 valence electrons. The summed E-state index contributed by atoms with van der Waals surface area (Å²) in [5.74, 6) is 0.676. The molecule has 33 heavy (non-hydrogen) atoms. The summed E-state index contributed by atoms with van der Waals surface area (Å²) in [4.78, 5) is 14.9. The van der Waals surface area contributed by atoms with Gasteiger partial charge >= 0.3 is 5.97 Å². The Kier molecular flexibility index (Phi) is 8.28. The first-order chi connectivity index (χ1) is 15.8. The Morgan fingerprint density at radius 3 is 2.42 bits per heavy atom. The molecule has 3 aromatic rings. The summed E-state index contributed by atoms with van der Waals surface area (Å²) in [5, 5.41) is 3.85. The molecular formula is C23H21IN2O6S. The fourth-order valence-electron chi connectivity index (χ4n) is 2.73. The molecule has 0 saturated heterocycles. The Balaban J connectivity index is 1.80. The minimum Gasteiger partial charge on any atom is -0.497 e. The maximum atomic E-state index is 12.6. The van der Waals surface area contributed by atoms with E-state index in [4.69, 9.17) is 14.2 Å². The highest BCUT2D eigenvalue weighted by Crippen LogP contribution is 2.34. The molecule has 0 fully saturated rings. The van der Waals surface area contributed by atoms with Crippen LogP contribution in [0, 0.1) is 3.57 Å². The van der Waals surface area contributed by atoms with Crippen molar-refractivity contribution in [1.82, 2.24) is 4.83 Å². The number of benzene rings is 3. The van der Waals surface area contributed by atoms with Crippen LogP contribution in [0.3, 0.4) is 0 Å². The summed E-state index contributed by atoms with van der Waals surface area (Å²) in [6.07, 6.45) is 1.35. The van der Waals surface area contributed by atoms with Gasteiger partial charge < -0.3 is 14.2 Å². The van der Waals surface area contributed by atoms with E-state index in [1.54, 1.807) is 68.6 Å². The molecule has 0 aliphatic heterocycles. The van der Waals surface area contributed by atoms with Gasteiger partial charge in [0.25, 0.3) is 10.0 Å². The van der Waals surface area contributed by atoms with Crippen LogP contribution in [0.2, 0.25) is 0 Å². The highest BCUT2D eigenvalue weighted by molar-refractivity contribution is 14.1. The fourth-order valence-corrected chi connectivity index (χ4v) is 4.27. The molecule has 0 saturated carbocycles. The predicted octanol–water partition coefficient (Wildman–Crippen LogP) is 4.23. The van der Waals surface area contributed by atoms with Crippen LogP contribution in [0.4, 0.5) is 0 Å². The van der Waals surface area contributed by atoms with Crippen LogP contribution in [0.5, 0.6) is 17.2 Å². The van der Waals surface area contributed by atoms with Gasteiger partial charge in [0.05, 0.1) is 34.0 Å². The molecule has 0 aromatic heterocycles. The Labute approximate surface area is 205 Å². The van der Waals surface area contributed by atoms with E-state index in [0.29, 0.717) is 32.8 Å². The summed E-state index contributed by atoms with van der Waals surface area (Å²) in [5.41, 5.74) is 0.915. The van der Waals surface area contributed by atoms with Crippen LogP contribution in [-0.4, -0.2) is 34.3 Å². The van der Waals surface area contributed by atoms with Gasteiger partial charge in [0.1, 0.15) is 5.75 Å². The monoisotopic (exact) mass is 580 g/mol. The average molecular weight is 580 g/mol. The number of esters is 1. The molecule has 0 atom stereocenters. The first-order valence-electron chi connectivity index (χ1n) is 9.76. The van der Waals surface area contributed by atoms with Crippen molar-refractivity contribution in [2.75, 3.05) is 13.7 Å². The molecule has 8 nitrogen and oxygen atoms in total. The lowest BCUT2D eigenvalue weighted by atomic mass is 10.2. The zero-order valence-corrected chi connectivity index (χ0v) is 20.8. The third kappa shape index (κ3) is 6.45. The number of carbonyl (C=O) groups excluding carboxylic acids is 1. The molecule has 0 bridgehead atoms. The van der Waals surface area contributed by atoms with Crippen molar-refractivity contribution in [2.45, 2.75) is 11.8 Å². The molecule has 0 spiro atoms. The maximum absolute atomic E-state index is 12.6. The summed E-state index contributed by atoms with van der Waals surface area (Å²) in [6.45, 7) is 2.14. The second-order valence-electron chi connectivity index (χ2n) is 6.55. The van der Waals surface area contributed by atoms with Gasteiger partial charge in [-0.05, 0) is 83.6 Å². The van der Waals surface area contributed by atoms with Crippen molar-refractivity contribution < 1.29 is 27.4 Å². The maximum Gasteiger partial charge on any atom is 0.343 e. The van der Waals surface area contributed by atoms with Gasteiger partial charge in [-0.25, -0.2) is 9.63 Å². The van der Waals surface area contributed by atoms with Crippen molar-refractivity contribution in [3.05, 3.63) is 81.4 Å². The van der Waals surface area contributed by atoms with Crippen molar-refractivity contribution in [1.29, 1.82) is 0 Å². The van der Waals surface area contributed by atoms with Gasteiger partial charge in [-0.2, -0.15) is 13.5 Å². The molecule has 0 radical (unpaired) electrons. The zero-order chi connectivity index (χ0) is 23.8. The van der Waals surface area contributed by atoms with Crippen molar-refractivity contribution in [3.8, 4) is 17.2 Å². The molecular weight excluding hydrogens is 559 g/mol. The first-order valence-corrected chi connectivity index (χ1v) is 12.3. The van der Waals surface area contributed by atoms with Crippen molar-refractivity contribution in [2.24, 2.45) is 5.10 Å². The highest BCUT2D eigenvalue weighted by atomic mass is 127. The van der Waals surface area contributed by atoms with Crippen molar-refractivity contribution >= 4 is 44.8 Å². The molecule has 0 aliphatic carbocycles. The van der Waals surface area contributed by atoms with Crippen LogP contribution in [-0.2, 0) is 10.0 Å². The van der Waals surface area contributed by atoms with E-state index in [9.17, 15) is 13.2 Å². The number of rotatable bonds is 9. The number of hydrazone groups is 1. The minimum atomic E-state index is -3.78. The normalized spacial score (nSPS) is 11.2. The Bertz CT molecular complexity index is 1250. The molecule has 3 aromatic carbocycles.